The van der Waals surface area contributed by atoms with Crippen molar-refractivity contribution < 1.29 is 23.4 Å². The van der Waals surface area contributed by atoms with Crippen LogP contribution in [0.15, 0.2) is 36.4 Å². The summed E-state index contributed by atoms with van der Waals surface area (Å²) < 4.78 is 35.6. The Morgan fingerprint density at radius 1 is 0.980 bits per heavy atom. The van der Waals surface area contributed by atoms with Crippen molar-refractivity contribution >= 4 is 22.1 Å². The Morgan fingerprint density at radius 2 is 1.71 bits per heavy atom. The van der Waals surface area contributed by atoms with E-state index in [-0.39, 0.29) is 27.2 Å². The Morgan fingerprint density at radius 3 is 2.37 bits per heavy atom. The van der Waals surface area contributed by atoms with Crippen LogP contribution in [0.5, 0.6) is 0 Å². The highest BCUT2D eigenvalue weighted by atomic mass is 32.3. The third kappa shape index (κ3) is 5.91. The van der Waals surface area contributed by atoms with Crippen molar-refractivity contribution in [2.45, 2.75) is 99.3 Å². The van der Waals surface area contributed by atoms with Crippen LogP contribution in [0.4, 0.5) is 4.39 Å². The van der Waals surface area contributed by atoms with Crippen LogP contribution in [0.25, 0.3) is 5.57 Å². The lowest BCUT2D eigenvalue weighted by molar-refractivity contribution is -0.225. The fourth-order valence-electron chi connectivity index (χ4n) is 14.1. The molecule has 0 radical (unpaired) electrons. The van der Waals surface area contributed by atoms with Gasteiger partial charge in [-0.2, -0.15) is 10.6 Å². The van der Waals surface area contributed by atoms with Gasteiger partial charge in [0.15, 0.2) is 0 Å². The molecule has 0 aromatic heterocycles. The van der Waals surface area contributed by atoms with Crippen LogP contribution in [0.3, 0.4) is 0 Å². The van der Waals surface area contributed by atoms with E-state index in [4.69, 9.17) is 0 Å². The maximum absolute atomic E-state index is 15.5. The van der Waals surface area contributed by atoms with Gasteiger partial charge in [-0.15, -0.1) is 0 Å². The van der Waals surface area contributed by atoms with Crippen LogP contribution < -0.4 is 5.32 Å². The number of nitrogens with one attached hydrogen (secondary N) is 1. The van der Waals surface area contributed by atoms with E-state index in [1.54, 1.807) is 12.1 Å². The minimum Gasteiger partial charge on any atom is -0.478 e. The number of hydrogen-bond acceptors (Lipinski definition) is 5. The molecular weight excluding hydrogens is 660 g/mol. The van der Waals surface area contributed by atoms with Gasteiger partial charge in [0.2, 0.25) is 0 Å². The molecule has 5 aliphatic carbocycles. The monoisotopic (exact) mass is 724 g/mol. The number of rotatable bonds is 8. The molecule has 8 heteroatoms. The molecule has 0 unspecified atom stereocenters. The Hall–Kier alpha value is -1.71. The molecule has 5 fully saturated rings. The van der Waals surface area contributed by atoms with Crippen LogP contribution in [-0.4, -0.2) is 69.3 Å². The van der Waals surface area contributed by atoms with Crippen molar-refractivity contribution in [2.75, 3.05) is 44.2 Å². The van der Waals surface area contributed by atoms with Crippen molar-refractivity contribution in [3.63, 3.8) is 0 Å². The Balaban J connectivity index is 1.13. The zero-order chi connectivity index (χ0) is 36.8. The normalized spacial score (nSPS) is 42.1. The molecule has 4 saturated carbocycles. The van der Waals surface area contributed by atoms with Crippen molar-refractivity contribution in [1.82, 2.24) is 10.2 Å². The average Bonchev–Trinajstić information content (AvgIpc) is 3.44. The predicted octanol–water partition coefficient (Wildman–Crippen LogP) is 9.83. The zero-order valence-electron chi connectivity index (χ0n) is 32.2. The summed E-state index contributed by atoms with van der Waals surface area (Å²) in [5, 5.41) is 13.4. The van der Waals surface area contributed by atoms with E-state index >= 15 is 4.39 Å². The molecule has 1 aromatic rings. The maximum Gasteiger partial charge on any atom is 0.335 e. The van der Waals surface area contributed by atoms with E-state index in [2.05, 4.69) is 64.4 Å². The lowest BCUT2D eigenvalue weighted by Gasteiger charge is -2.72. The second-order valence-electron chi connectivity index (χ2n) is 19.3. The summed E-state index contributed by atoms with van der Waals surface area (Å²) >= 11 is 0. The molecule has 284 valence electrons. The topological polar surface area (TPSA) is 93.0 Å². The molecule has 7 rings (SSSR count). The third-order valence-corrected chi connectivity index (χ3v) is 18.5. The lowest BCUT2D eigenvalue weighted by Crippen LogP contribution is -2.66. The Bertz CT molecular complexity index is 1580. The third-order valence-electron chi connectivity index (χ3n) is 16.9. The fraction of sp³-hybridized carbons (Fsp3) is 0.744. The van der Waals surface area contributed by atoms with E-state index in [0.29, 0.717) is 52.1 Å². The summed E-state index contributed by atoms with van der Waals surface area (Å²) in [7, 11) is -2.36. The number of benzene rings is 1. The van der Waals surface area contributed by atoms with Crippen LogP contribution in [0.2, 0.25) is 0 Å². The smallest absolute Gasteiger partial charge is 0.335 e. The van der Waals surface area contributed by atoms with Crippen molar-refractivity contribution in [1.29, 1.82) is 0 Å². The van der Waals surface area contributed by atoms with Gasteiger partial charge in [-0.25, -0.2) is 9.18 Å². The molecule has 9 atom stereocenters. The fourth-order valence-corrected chi connectivity index (χ4v) is 15.4. The Kier molecular flexibility index (Phi) is 9.55. The quantitative estimate of drug-likeness (QED) is 0.158. The second kappa shape index (κ2) is 13.0. The van der Waals surface area contributed by atoms with Gasteiger partial charge >= 0.3 is 5.97 Å². The van der Waals surface area contributed by atoms with Crippen molar-refractivity contribution in [3.8, 4) is 0 Å². The first-order valence-electron chi connectivity index (χ1n) is 19.9. The number of carboxylic acid groups (broad SMARTS) is 1. The Labute approximate surface area is 308 Å². The van der Waals surface area contributed by atoms with E-state index in [0.717, 1.165) is 51.1 Å². The van der Waals surface area contributed by atoms with E-state index in [9.17, 15) is 19.0 Å². The summed E-state index contributed by atoms with van der Waals surface area (Å²) in [5.41, 5.74) is 3.65. The van der Waals surface area contributed by atoms with Crippen molar-refractivity contribution in [2.24, 2.45) is 56.7 Å². The number of aromatic carboxylic acids is 1. The lowest BCUT2D eigenvalue weighted by atomic mass is 9.32. The number of nitrogens with zero attached hydrogens (tertiary/aromatic N) is 1. The first kappa shape index (κ1) is 37.6. The minimum atomic E-state index is -2.36. The molecule has 6 nitrogen and oxygen atoms in total. The van der Waals surface area contributed by atoms with Crippen LogP contribution in [0.1, 0.15) is 115 Å². The highest BCUT2D eigenvalue weighted by Gasteiger charge is 2.70. The van der Waals surface area contributed by atoms with E-state index in [1.807, 2.05) is 0 Å². The summed E-state index contributed by atoms with van der Waals surface area (Å²) in [4.78, 5) is 13.9. The molecule has 1 heterocycles. The molecule has 1 aliphatic heterocycles. The minimum absolute atomic E-state index is 0.00164. The van der Waals surface area contributed by atoms with Gasteiger partial charge in [0.25, 0.3) is 0 Å². The molecule has 4 N–H and O–H groups in total. The predicted molar refractivity (Wildman–Crippen MR) is 208 cm³/mol. The molecule has 0 bridgehead atoms. The van der Waals surface area contributed by atoms with E-state index in [1.165, 1.54) is 56.6 Å². The zero-order valence-corrected chi connectivity index (χ0v) is 33.0. The maximum atomic E-state index is 15.5. The number of carboxylic acids is 1. The van der Waals surface area contributed by atoms with Gasteiger partial charge in [0, 0.05) is 38.3 Å². The molecule has 0 spiro atoms. The first-order valence-corrected chi connectivity index (χ1v) is 21.8. The molecule has 1 saturated heterocycles. The van der Waals surface area contributed by atoms with Gasteiger partial charge < -0.3 is 10.4 Å². The molecule has 1 aromatic carbocycles. The SMILES string of the molecule is C=C(C)[C@@H]1CC[C@]2(CNCCN3CCS(O)(O)CC3)CC[C@]3(C)[C@H](CC[C@@H]4[C@@]5(C)CC=C(c6ccc(C(=O)O)cc6F)C(C)(C)[C@@H]5CC[C@]43C)[C@@H]12. The first-order chi connectivity index (χ1) is 23.9. The number of allylic oxidation sites excluding steroid dienone is 3. The van der Waals surface area contributed by atoms with Gasteiger partial charge in [0.05, 0.1) is 17.1 Å². The van der Waals surface area contributed by atoms with Gasteiger partial charge in [-0.3, -0.25) is 14.0 Å². The summed E-state index contributed by atoms with van der Waals surface area (Å²) in [6, 6.07) is 4.44. The van der Waals surface area contributed by atoms with Crippen molar-refractivity contribution in [3.05, 3.63) is 53.4 Å². The second-order valence-corrected chi connectivity index (χ2v) is 21.7. The molecular formula is C43H65FN2O4S. The number of halogens is 1. The summed E-state index contributed by atoms with van der Waals surface area (Å²) in [6.07, 6.45) is 13.2. The van der Waals surface area contributed by atoms with Gasteiger partial charge in [-0.05, 0) is 139 Å². The molecule has 51 heavy (non-hydrogen) atoms. The summed E-state index contributed by atoms with van der Waals surface area (Å²) in [6.45, 7) is 24.0. The molecule has 0 amide bonds. The van der Waals surface area contributed by atoms with Crippen LogP contribution in [-0.2, 0) is 0 Å². The number of hydrogen-bond donors (Lipinski definition) is 4. The largest absolute Gasteiger partial charge is 0.478 e. The van der Waals surface area contributed by atoms with Gasteiger partial charge in [0.1, 0.15) is 5.82 Å². The highest BCUT2D eigenvalue weighted by molar-refractivity contribution is 8.24. The van der Waals surface area contributed by atoms with Crippen LogP contribution >= 0.6 is 10.6 Å². The molecule has 6 aliphatic rings. The van der Waals surface area contributed by atoms with Crippen LogP contribution in [0, 0.1) is 62.5 Å². The van der Waals surface area contributed by atoms with Gasteiger partial charge in [-0.1, -0.05) is 58.9 Å². The number of carbonyl (C=O) groups is 1. The standard InChI is InChI=1S/C43H65FN2O4S/c1-28(2)30-12-17-43(27-45-20-21-46-22-24-51(49,50)25-23-46)19-18-41(6)33(37(30)43)10-11-36-40(5)15-13-32(31-9-8-29(38(47)48)26-34(31)44)39(3,4)35(40)14-16-42(36,41)7/h8-9,13,26,30,33,35-37,45,49-50H,1,10-12,14-25,27H2,2-7H3,(H,47,48)/t30-,33+,35-,36+,37+,40-,41+,42+,43+/m0/s1. The highest BCUT2D eigenvalue weighted by Crippen LogP contribution is 2.77. The average molecular weight is 725 g/mol. The number of fused-ring (bicyclic) bond motifs is 7. The van der Waals surface area contributed by atoms with E-state index < -0.39 is 22.4 Å². The summed E-state index contributed by atoms with van der Waals surface area (Å²) in [5.74, 6) is 2.43.